The molecular formula is C29H44O3. The number of hydrogen-bond donors (Lipinski definition) is 2. The summed E-state index contributed by atoms with van der Waals surface area (Å²) in [7, 11) is 0. The molecule has 0 heterocycles. The maximum Gasteiger partial charge on any atom is 0.129 e. The molecule has 0 atom stereocenters. The number of aliphatic hydroxyl groups is 1. The van der Waals surface area contributed by atoms with Crippen LogP contribution >= 0.6 is 0 Å². The van der Waals surface area contributed by atoms with Crippen LogP contribution in [0.25, 0.3) is 6.08 Å². The Hall–Kier alpha value is -1.48. The van der Waals surface area contributed by atoms with Gasteiger partial charge in [0, 0.05) is 11.1 Å². The summed E-state index contributed by atoms with van der Waals surface area (Å²) in [6, 6.07) is 4.00. The lowest BCUT2D eigenvalue weighted by molar-refractivity contribution is 0.0915. The van der Waals surface area contributed by atoms with E-state index in [9.17, 15) is 10.2 Å². The predicted octanol–water partition coefficient (Wildman–Crippen LogP) is 7.28. The van der Waals surface area contributed by atoms with Gasteiger partial charge in [-0.05, 0) is 113 Å². The van der Waals surface area contributed by atoms with E-state index in [0.717, 1.165) is 60.3 Å². The van der Waals surface area contributed by atoms with Crippen molar-refractivity contribution in [2.45, 2.75) is 97.0 Å². The SMILES string of the molecule is Cc1c(OCC2CCC(O)CC2)ccc(/C=C/C2CCC(C3CCC(C)CC3)CC2)c1O. The van der Waals surface area contributed by atoms with Crippen LogP contribution in [0, 0.1) is 36.5 Å². The van der Waals surface area contributed by atoms with Crippen molar-refractivity contribution in [2.75, 3.05) is 6.61 Å². The third-order valence-corrected chi connectivity index (χ3v) is 8.79. The molecule has 0 aliphatic heterocycles. The monoisotopic (exact) mass is 440 g/mol. The largest absolute Gasteiger partial charge is 0.507 e. The summed E-state index contributed by atoms with van der Waals surface area (Å²) in [5.41, 5.74) is 1.73. The van der Waals surface area contributed by atoms with Crippen LogP contribution in [0.4, 0.5) is 0 Å². The molecule has 3 aliphatic carbocycles. The van der Waals surface area contributed by atoms with E-state index in [4.69, 9.17) is 4.74 Å². The maximum atomic E-state index is 10.7. The Kier molecular flexibility index (Phi) is 8.21. The zero-order chi connectivity index (χ0) is 22.5. The van der Waals surface area contributed by atoms with Gasteiger partial charge in [-0.3, -0.25) is 0 Å². The first kappa shape index (κ1) is 23.7. The lowest BCUT2D eigenvalue weighted by atomic mass is 9.69. The van der Waals surface area contributed by atoms with E-state index < -0.39 is 0 Å². The number of phenols is 1. The highest BCUT2D eigenvalue weighted by atomic mass is 16.5. The third-order valence-electron chi connectivity index (χ3n) is 8.79. The normalized spacial score (nSPS) is 34.0. The van der Waals surface area contributed by atoms with Crippen molar-refractivity contribution in [2.24, 2.45) is 29.6 Å². The first-order valence-electron chi connectivity index (χ1n) is 13.3. The Bertz CT molecular complexity index is 746. The molecule has 178 valence electrons. The van der Waals surface area contributed by atoms with Crippen molar-refractivity contribution in [3.05, 3.63) is 29.3 Å². The number of phenolic OH excluding ortho intramolecular Hbond substituents is 1. The Morgan fingerprint density at radius 2 is 1.50 bits per heavy atom. The molecule has 1 aromatic carbocycles. The van der Waals surface area contributed by atoms with Crippen LogP contribution in [0.5, 0.6) is 11.5 Å². The fraction of sp³-hybridized carbons (Fsp3) is 0.724. The predicted molar refractivity (Wildman–Crippen MR) is 132 cm³/mol. The molecule has 0 spiro atoms. The van der Waals surface area contributed by atoms with Crippen molar-refractivity contribution < 1.29 is 14.9 Å². The Morgan fingerprint density at radius 1 is 0.875 bits per heavy atom. The minimum Gasteiger partial charge on any atom is -0.507 e. The number of allylic oxidation sites excluding steroid dienone is 1. The quantitative estimate of drug-likeness (QED) is 0.489. The third kappa shape index (κ3) is 6.10. The van der Waals surface area contributed by atoms with E-state index in [1.807, 2.05) is 19.1 Å². The second kappa shape index (κ2) is 11.1. The molecule has 0 aromatic heterocycles. The van der Waals surface area contributed by atoms with E-state index in [2.05, 4.69) is 19.1 Å². The number of benzene rings is 1. The molecule has 0 unspecified atom stereocenters. The van der Waals surface area contributed by atoms with Crippen LogP contribution in [-0.4, -0.2) is 22.9 Å². The minimum absolute atomic E-state index is 0.130. The molecule has 2 N–H and O–H groups in total. The van der Waals surface area contributed by atoms with Crippen LogP contribution in [0.3, 0.4) is 0 Å². The second-order valence-electron chi connectivity index (χ2n) is 11.2. The van der Waals surface area contributed by atoms with Crippen molar-refractivity contribution in [1.29, 1.82) is 0 Å². The highest BCUT2D eigenvalue weighted by Crippen LogP contribution is 2.42. The van der Waals surface area contributed by atoms with Gasteiger partial charge < -0.3 is 14.9 Å². The molecule has 32 heavy (non-hydrogen) atoms. The van der Waals surface area contributed by atoms with Crippen molar-refractivity contribution in [3.63, 3.8) is 0 Å². The smallest absolute Gasteiger partial charge is 0.129 e. The number of aliphatic hydroxyl groups excluding tert-OH is 1. The molecule has 0 bridgehead atoms. The topological polar surface area (TPSA) is 49.7 Å². The Balaban J connectivity index is 1.26. The number of ether oxygens (including phenoxy) is 1. The average Bonchev–Trinajstić information content (AvgIpc) is 2.81. The second-order valence-corrected chi connectivity index (χ2v) is 11.2. The van der Waals surface area contributed by atoms with Crippen molar-refractivity contribution in [3.8, 4) is 11.5 Å². The van der Waals surface area contributed by atoms with Gasteiger partial charge in [-0.2, -0.15) is 0 Å². The van der Waals surface area contributed by atoms with E-state index in [1.165, 1.54) is 51.4 Å². The summed E-state index contributed by atoms with van der Waals surface area (Å²) in [5.74, 6) is 5.16. The first-order chi connectivity index (χ1) is 15.5. The standard InChI is InChI=1S/C29H44O3/c1-20-3-10-24(11-4-20)25-12-5-22(6-13-25)7-14-26-15-18-28(21(2)29(26)31)32-19-23-8-16-27(30)17-9-23/h7,14-15,18,20,22-25,27,30-31H,3-6,8-13,16-17,19H2,1-2H3/b14-7+. The summed E-state index contributed by atoms with van der Waals surface area (Å²) in [6.45, 7) is 5.03. The highest BCUT2D eigenvalue weighted by molar-refractivity contribution is 5.62. The van der Waals surface area contributed by atoms with Gasteiger partial charge in [0.1, 0.15) is 11.5 Å². The van der Waals surface area contributed by atoms with Gasteiger partial charge in [0.25, 0.3) is 0 Å². The molecule has 3 nitrogen and oxygen atoms in total. The lowest BCUT2D eigenvalue weighted by Crippen LogP contribution is -2.24. The van der Waals surface area contributed by atoms with Gasteiger partial charge in [-0.25, -0.2) is 0 Å². The summed E-state index contributed by atoms with van der Waals surface area (Å²) in [4.78, 5) is 0. The van der Waals surface area contributed by atoms with Gasteiger partial charge in [0.2, 0.25) is 0 Å². The average molecular weight is 441 g/mol. The Labute approximate surface area is 195 Å². The molecule has 1 aromatic rings. The number of hydrogen-bond acceptors (Lipinski definition) is 3. The fourth-order valence-electron chi connectivity index (χ4n) is 6.32. The molecule has 0 amide bonds. The van der Waals surface area contributed by atoms with Crippen molar-refractivity contribution >= 4 is 6.08 Å². The van der Waals surface area contributed by atoms with E-state index in [0.29, 0.717) is 24.2 Å². The summed E-state index contributed by atoms with van der Waals surface area (Å²) in [6.07, 6.45) is 19.3. The van der Waals surface area contributed by atoms with Crippen LogP contribution in [0.15, 0.2) is 18.2 Å². The molecule has 3 fully saturated rings. The Morgan fingerprint density at radius 3 is 2.16 bits per heavy atom. The lowest BCUT2D eigenvalue weighted by Gasteiger charge is -2.36. The van der Waals surface area contributed by atoms with Crippen LogP contribution < -0.4 is 4.74 Å². The van der Waals surface area contributed by atoms with E-state index >= 15 is 0 Å². The minimum atomic E-state index is -0.130. The number of rotatable bonds is 6. The molecule has 0 radical (unpaired) electrons. The zero-order valence-electron chi connectivity index (χ0n) is 20.3. The van der Waals surface area contributed by atoms with Gasteiger partial charge in [0.15, 0.2) is 0 Å². The first-order valence-corrected chi connectivity index (χ1v) is 13.3. The number of aromatic hydroxyl groups is 1. The summed E-state index contributed by atoms with van der Waals surface area (Å²) >= 11 is 0. The van der Waals surface area contributed by atoms with Crippen LogP contribution in [0.2, 0.25) is 0 Å². The van der Waals surface area contributed by atoms with Gasteiger partial charge >= 0.3 is 0 Å². The molecule has 3 heteroatoms. The maximum absolute atomic E-state index is 10.7. The highest BCUT2D eigenvalue weighted by Gasteiger charge is 2.29. The zero-order valence-corrected chi connectivity index (χ0v) is 20.3. The van der Waals surface area contributed by atoms with E-state index in [1.54, 1.807) is 0 Å². The van der Waals surface area contributed by atoms with Gasteiger partial charge in [-0.15, -0.1) is 0 Å². The van der Waals surface area contributed by atoms with Gasteiger partial charge in [0.05, 0.1) is 12.7 Å². The molecule has 3 saturated carbocycles. The molecular weight excluding hydrogens is 396 g/mol. The van der Waals surface area contributed by atoms with Crippen molar-refractivity contribution in [1.82, 2.24) is 0 Å². The van der Waals surface area contributed by atoms with Crippen LogP contribution in [-0.2, 0) is 0 Å². The molecule has 4 rings (SSSR count). The summed E-state index contributed by atoms with van der Waals surface area (Å²) in [5, 5.41) is 20.4. The van der Waals surface area contributed by atoms with Crippen LogP contribution in [0.1, 0.15) is 95.1 Å². The molecule has 0 saturated heterocycles. The van der Waals surface area contributed by atoms with E-state index in [-0.39, 0.29) is 6.10 Å². The van der Waals surface area contributed by atoms with Gasteiger partial charge in [-0.1, -0.05) is 31.9 Å². The molecule has 3 aliphatic rings. The fourth-order valence-corrected chi connectivity index (χ4v) is 6.32. The summed E-state index contributed by atoms with van der Waals surface area (Å²) < 4.78 is 6.05.